The molecule has 1 aromatic carbocycles. The standard InChI is InChI=1S/C16H17N3O/c1-11-9-18-15(10-17-11)16(20)19-14-8-4-6-12-5-2-3-7-13(12)14/h2-3,5,7,9-10,14H,4,6,8H2,1H3,(H,19,20)/t14-/m1/s1. The lowest BCUT2D eigenvalue weighted by Gasteiger charge is -2.26. The van der Waals surface area contributed by atoms with Gasteiger partial charge >= 0.3 is 0 Å². The zero-order valence-electron chi connectivity index (χ0n) is 11.5. The van der Waals surface area contributed by atoms with Gasteiger partial charge in [0.25, 0.3) is 5.91 Å². The van der Waals surface area contributed by atoms with Crippen LogP contribution >= 0.6 is 0 Å². The molecule has 2 aromatic rings. The van der Waals surface area contributed by atoms with Crippen molar-refractivity contribution in [2.45, 2.75) is 32.2 Å². The second-order valence-electron chi connectivity index (χ2n) is 5.16. The van der Waals surface area contributed by atoms with Gasteiger partial charge in [0.1, 0.15) is 5.69 Å². The van der Waals surface area contributed by atoms with Gasteiger partial charge in [0.05, 0.1) is 17.9 Å². The molecule has 0 saturated carbocycles. The predicted octanol–water partition coefficient (Wildman–Crippen LogP) is 2.59. The van der Waals surface area contributed by atoms with Gasteiger partial charge in [0.15, 0.2) is 0 Å². The van der Waals surface area contributed by atoms with Crippen LogP contribution in [0.25, 0.3) is 0 Å². The third-order valence-corrected chi connectivity index (χ3v) is 3.69. The Bertz CT molecular complexity index is 622. The molecule has 0 saturated heterocycles. The molecule has 1 atom stereocenters. The minimum absolute atomic E-state index is 0.0792. The first-order chi connectivity index (χ1) is 9.74. The Hall–Kier alpha value is -2.23. The van der Waals surface area contributed by atoms with Crippen LogP contribution in [0.2, 0.25) is 0 Å². The van der Waals surface area contributed by atoms with Gasteiger partial charge in [-0.2, -0.15) is 0 Å². The Balaban J connectivity index is 1.79. The lowest BCUT2D eigenvalue weighted by atomic mass is 9.88. The maximum atomic E-state index is 12.2. The summed E-state index contributed by atoms with van der Waals surface area (Å²) in [5, 5.41) is 3.07. The molecule has 0 fully saturated rings. The number of hydrogen-bond donors (Lipinski definition) is 1. The van der Waals surface area contributed by atoms with Crippen LogP contribution < -0.4 is 5.32 Å². The summed E-state index contributed by atoms with van der Waals surface area (Å²) < 4.78 is 0. The summed E-state index contributed by atoms with van der Waals surface area (Å²) in [7, 11) is 0. The molecule has 4 heteroatoms. The van der Waals surface area contributed by atoms with E-state index in [9.17, 15) is 4.79 Å². The van der Waals surface area contributed by atoms with Gasteiger partial charge in [0, 0.05) is 6.20 Å². The van der Waals surface area contributed by atoms with Crippen molar-refractivity contribution in [2.75, 3.05) is 0 Å². The molecule has 4 nitrogen and oxygen atoms in total. The van der Waals surface area contributed by atoms with Crippen molar-refractivity contribution in [2.24, 2.45) is 0 Å². The lowest BCUT2D eigenvalue weighted by Crippen LogP contribution is -2.31. The molecule has 1 aromatic heterocycles. The van der Waals surface area contributed by atoms with Gasteiger partial charge < -0.3 is 5.32 Å². The Morgan fingerprint density at radius 2 is 2.10 bits per heavy atom. The molecule has 0 radical (unpaired) electrons. The van der Waals surface area contributed by atoms with E-state index < -0.39 is 0 Å². The van der Waals surface area contributed by atoms with E-state index in [0.717, 1.165) is 25.0 Å². The van der Waals surface area contributed by atoms with E-state index in [1.54, 1.807) is 6.20 Å². The number of nitrogens with zero attached hydrogens (tertiary/aromatic N) is 2. The van der Waals surface area contributed by atoms with E-state index >= 15 is 0 Å². The first-order valence-corrected chi connectivity index (χ1v) is 6.91. The average molecular weight is 267 g/mol. The van der Waals surface area contributed by atoms with E-state index in [1.807, 2.05) is 13.0 Å². The number of aromatic nitrogens is 2. The van der Waals surface area contributed by atoms with Crippen molar-refractivity contribution in [3.63, 3.8) is 0 Å². The quantitative estimate of drug-likeness (QED) is 0.910. The van der Waals surface area contributed by atoms with Crippen LogP contribution in [0.15, 0.2) is 36.7 Å². The smallest absolute Gasteiger partial charge is 0.271 e. The van der Waals surface area contributed by atoms with Crippen molar-refractivity contribution >= 4 is 5.91 Å². The summed E-state index contributed by atoms with van der Waals surface area (Å²) in [6.45, 7) is 1.85. The molecule has 1 heterocycles. The maximum Gasteiger partial charge on any atom is 0.271 e. The molecular formula is C16H17N3O. The molecule has 0 aliphatic heterocycles. The van der Waals surface area contributed by atoms with Gasteiger partial charge in [-0.1, -0.05) is 24.3 Å². The van der Waals surface area contributed by atoms with Crippen molar-refractivity contribution in [1.29, 1.82) is 0 Å². The SMILES string of the molecule is Cc1cnc(C(=O)N[C@@H]2CCCc3ccccc32)cn1. The average Bonchev–Trinajstić information content (AvgIpc) is 2.48. The lowest BCUT2D eigenvalue weighted by molar-refractivity contribution is 0.0927. The van der Waals surface area contributed by atoms with Crippen molar-refractivity contribution in [1.82, 2.24) is 15.3 Å². The van der Waals surface area contributed by atoms with Gasteiger partial charge in [-0.15, -0.1) is 0 Å². The Morgan fingerprint density at radius 1 is 1.25 bits per heavy atom. The molecule has 1 amide bonds. The summed E-state index contributed by atoms with van der Waals surface area (Å²) in [4.78, 5) is 20.5. The minimum atomic E-state index is -0.154. The van der Waals surface area contributed by atoms with Gasteiger partial charge in [-0.05, 0) is 37.3 Å². The zero-order valence-corrected chi connectivity index (χ0v) is 11.5. The number of fused-ring (bicyclic) bond motifs is 1. The van der Waals surface area contributed by atoms with Crippen LogP contribution in [0.1, 0.15) is 46.2 Å². The molecule has 0 bridgehead atoms. The molecule has 0 spiro atoms. The van der Waals surface area contributed by atoms with Gasteiger partial charge in [0.2, 0.25) is 0 Å². The second-order valence-corrected chi connectivity index (χ2v) is 5.16. The molecular weight excluding hydrogens is 250 g/mol. The first-order valence-electron chi connectivity index (χ1n) is 6.91. The zero-order chi connectivity index (χ0) is 13.9. The summed E-state index contributed by atoms with van der Waals surface area (Å²) in [5.74, 6) is -0.154. The second kappa shape index (κ2) is 5.41. The molecule has 20 heavy (non-hydrogen) atoms. The predicted molar refractivity (Wildman–Crippen MR) is 76.4 cm³/mol. The number of aryl methyl sites for hydroxylation is 2. The minimum Gasteiger partial charge on any atom is -0.344 e. The van der Waals surface area contributed by atoms with Crippen molar-refractivity contribution < 1.29 is 4.79 Å². The Morgan fingerprint density at radius 3 is 2.90 bits per heavy atom. The highest BCUT2D eigenvalue weighted by atomic mass is 16.1. The fraction of sp³-hybridized carbons (Fsp3) is 0.312. The van der Waals surface area contributed by atoms with E-state index in [0.29, 0.717) is 5.69 Å². The van der Waals surface area contributed by atoms with Crippen LogP contribution in [0.3, 0.4) is 0 Å². The van der Waals surface area contributed by atoms with E-state index in [4.69, 9.17) is 0 Å². The topological polar surface area (TPSA) is 54.9 Å². The van der Waals surface area contributed by atoms with Gasteiger partial charge in [-0.3, -0.25) is 9.78 Å². The van der Waals surface area contributed by atoms with E-state index in [-0.39, 0.29) is 11.9 Å². The first kappa shape index (κ1) is 12.8. The highest BCUT2D eigenvalue weighted by Gasteiger charge is 2.22. The molecule has 102 valence electrons. The normalized spacial score (nSPS) is 17.4. The molecule has 3 rings (SSSR count). The third-order valence-electron chi connectivity index (χ3n) is 3.69. The van der Waals surface area contributed by atoms with Crippen LogP contribution in [-0.2, 0) is 6.42 Å². The largest absolute Gasteiger partial charge is 0.344 e. The highest BCUT2D eigenvalue weighted by Crippen LogP contribution is 2.29. The maximum absolute atomic E-state index is 12.2. The Labute approximate surface area is 118 Å². The number of nitrogens with one attached hydrogen (secondary N) is 1. The number of rotatable bonds is 2. The van der Waals surface area contributed by atoms with Crippen LogP contribution in [0.5, 0.6) is 0 Å². The number of amides is 1. The van der Waals surface area contributed by atoms with E-state index in [1.165, 1.54) is 17.3 Å². The van der Waals surface area contributed by atoms with Crippen LogP contribution in [0.4, 0.5) is 0 Å². The highest BCUT2D eigenvalue weighted by molar-refractivity contribution is 5.92. The summed E-state index contributed by atoms with van der Waals surface area (Å²) in [6.07, 6.45) is 6.31. The number of benzene rings is 1. The summed E-state index contributed by atoms with van der Waals surface area (Å²) >= 11 is 0. The Kier molecular flexibility index (Phi) is 3.46. The van der Waals surface area contributed by atoms with Crippen molar-refractivity contribution in [3.8, 4) is 0 Å². The van der Waals surface area contributed by atoms with E-state index in [2.05, 4.69) is 33.5 Å². The van der Waals surface area contributed by atoms with Crippen LogP contribution in [0, 0.1) is 6.92 Å². The summed E-state index contributed by atoms with van der Waals surface area (Å²) in [5.41, 5.74) is 3.74. The number of carbonyl (C=O) groups excluding carboxylic acids is 1. The molecule has 1 N–H and O–H groups in total. The number of hydrogen-bond acceptors (Lipinski definition) is 3. The summed E-state index contributed by atoms with van der Waals surface area (Å²) in [6, 6.07) is 8.39. The fourth-order valence-corrected chi connectivity index (χ4v) is 2.65. The number of carbonyl (C=O) groups is 1. The van der Waals surface area contributed by atoms with Gasteiger partial charge in [-0.25, -0.2) is 4.98 Å². The monoisotopic (exact) mass is 267 g/mol. The fourth-order valence-electron chi connectivity index (χ4n) is 2.65. The molecule has 1 aliphatic rings. The van der Waals surface area contributed by atoms with Crippen LogP contribution in [-0.4, -0.2) is 15.9 Å². The van der Waals surface area contributed by atoms with Crippen molar-refractivity contribution in [3.05, 3.63) is 59.2 Å². The third kappa shape index (κ3) is 2.54. The molecule has 0 unspecified atom stereocenters. The molecule has 1 aliphatic carbocycles.